The summed E-state index contributed by atoms with van der Waals surface area (Å²) in [6.07, 6.45) is 2.63. The van der Waals surface area contributed by atoms with E-state index in [-0.39, 0.29) is 6.61 Å². The van der Waals surface area contributed by atoms with Gasteiger partial charge in [0, 0.05) is 16.5 Å². The molecule has 0 atom stereocenters. The van der Waals surface area contributed by atoms with E-state index < -0.39 is 11.6 Å². The van der Waals surface area contributed by atoms with Crippen molar-refractivity contribution in [3.63, 3.8) is 0 Å². The number of hydrogen-bond acceptors (Lipinski definition) is 4. The van der Waals surface area contributed by atoms with Crippen molar-refractivity contribution in [2.75, 3.05) is 18.1 Å². The molecule has 1 heterocycles. The summed E-state index contributed by atoms with van der Waals surface area (Å²) in [7, 11) is 0.356. The number of ether oxygens (including phenoxy) is 2. The summed E-state index contributed by atoms with van der Waals surface area (Å²) in [6, 6.07) is 13.4. The molecule has 0 bridgehead atoms. The lowest BCUT2D eigenvalue weighted by molar-refractivity contribution is -0.154. The number of nitrogens with zero attached hydrogens (tertiary/aromatic N) is 1. The van der Waals surface area contributed by atoms with Gasteiger partial charge in [-0.3, -0.25) is 0 Å². The van der Waals surface area contributed by atoms with Gasteiger partial charge >= 0.3 is 5.97 Å². The molecule has 0 amide bonds. The van der Waals surface area contributed by atoms with Gasteiger partial charge in [0.1, 0.15) is 17.3 Å². The van der Waals surface area contributed by atoms with Crippen molar-refractivity contribution >= 4 is 16.9 Å². The zero-order chi connectivity index (χ0) is 22.4. The summed E-state index contributed by atoms with van der Waals surface area (Å²) in [5.74, 6) is 8.82. The van der Waals surface area contributed by atoms with Crippen LogP contribution in [0.1, 0.15) is 48.9 Å². The van der Waals surface area contributed by atoms with Crippen LogP contribution in [0.5, 0.6) is 5.75 Å². The Morgan fingerprint density at radius 3 is 2.23 bits per heavy atom. The molecule has 0 aromatic heterocycles. The van der Waals surface area contributed by atoms with Crippen LogP contribution in [0, 0.1) is 37.0 Å². The number of aryl methyl sites for hydroxylation is 2. The second-order valence-corrected chi connectivity index (χ2v) is 10.5. The number of rotatable bonds is 5. The van der Waals surface area contributed by atoms with Crippen molar-refractivity contribution in [3.8, 4) is 23.7 Å². The van der Waals surface area contributed by atoms with Crippen molar-refractivity contribution in [2.24, 2.45) is 0 Å². The molecular weight excluding hydrogens is 406 g/mol. The topological polar surface area (TPSA) is 59.3 Å². The van der Waals surface area contributed by atoms with Crippen molar-refractivity contribution in [1.29, 1.82) is 5.26 Å². The van der Waals surface area contributed by atoms with Crippen LogP contribution in [0.15, 0.2) is 41.3 Å². The highest BCUT2D eigenvalue weighted by molar-refractivity contribution is 7.97. The predicted octanol–water partition coefficient (Wildman–Crippen LogP) is 4.70. The molecule has 0 unspecified atom stereocenters. The fourth-order valence-corrected chi connectivity index (χ4v) is 5.98. The fraction of sp³-hybridized carbons (Fsp3) is 0.385. The van der Waals surface area contributed by atoms with Crippen LogP contribution in [-0.2, 0) is 20.4 Å². The summed E-state index contributed by atoms with van der Waals surface area (Å²) in [4.78, 5) is 13.8. The number of carbonyl (C=O) groups excluding carboxylic acids is 1. The number of benzene rings is 2. The average molecular weight is 435 g/mol. The van der Waals surface area contributed by atoms with Crippen LogP contribution < -0.4 is 4.74 Å². The molecule has 4 nitrogen and oxygen atoms in total. The van der Waals surface area contributed by atoms with Crippen LogP contribution in [0.25, 0.3) is 0 Å². The largest absolute Gasteiger partial charge is 0.481 e. The molecule has 0 radical (unpaired) electrons. The molecule has 1 aliphatic rings. The number of hydrogen-bond donors (Lipinski definition) is 0. The van der Waals surface area contributed by atoms with E-state index in [2.05, 4.69) is 30.0 Å². The Hall–Kier alpha value is -2.89. The first kappa shape index (κ1) is 22.8. The second-order valence-electron chi connectivity index (χ2n) is 8.21. The maximum atomic E-state index is 12.4. The van der Waals surface area contributed by atoms with Crippen molar-refractivity contribution in [2.45, 2.75) is 51.0 Å². The first-order chi connectivity index (χ1) is 14.8. The lowest BCUT2D eigenvalue weighted by Gasteiger charge is -2.19. The van der Waals surface area contributed by atoms with Gasteiger partial charge in [-0.25, -0.2) is 4.79 Å². The SMILES string of the molecule is Cc1cc([S+]2CCCC2)cc(C)c1OCC(=O)OC(C)(C)C#Cc1ccc(C#N)cc1. The molecule has 1 saturated heterocycles. The number of esters is 1. The van der Waals surface area contributed by atoms with Gasteiger partial charge in [0.2, 0.25) is 0 Å². The van der Waals surface area contributed by atoms with E-state index >= 15 is 0 Å². The molecule has 0 spiro atoms. The van der Waals surface area contributed by atoms with Crippen LogP contribution in [0.4, 0.5) is 0 Å². The zero-order valence-corrected chi connectivity index (χ0v) is 19.4. The molecule has 1 fully saturated rings. The van der Waals surface area contributed by atoms with Crippen LogP contribution >= 0.6 is 0 Å². The van der Waals surface area contributed by atoms with Gasteiger partial charge in [0.05, 0.1) is 11.6 Å². The Morgan fingerprint density at radius 1 is 1.06 bits per heavy atom. The molecule has 2 aromatic rings. The summed E-state index contributed by atoms with van der Waals surface area (Å²) in [5.41, 5.74) is 2.50. The quantitative estimate of drug-likeness (QED) is 0.389. The standard InChI is InChI=1S/C26H28NO3S/c1-19-15-23(31-13-5-6-14-31)16-20(2)25(19)29-18-24(28)30-26(3,4)12-11-21-7-9-22(17-27)10-8-21/h7-10,15-16H,5-6,13-14,18H2,1-4H3/q+1. The first-order valence-corrected chi connectivity index (χ1v) is 12.0. The summed E-state index contributed by atoms with van der Waals surface area (Å²) in [6.45, 7) is 7.40. The highest BCUT2D eigenvalue weighted by Crippen LogP contribution is 2.31. The monoisotopic (exact) mass is 434 g/mol. The molecular formula is C26H28NO3S+. The smallest absolute Gasteiger partial charge is 0.345 e. The number of carbonyl (C=O) groups is 1. The minimum absolute atomic E-state index is 0.158. The van der Waals surface area contributed by atoms with Gasteiger partial charge in [-0.15, -0.1) is 0 Å². The Kier molecular flexibility index (Phi) is 7.31. The van der Waals surface area contributed by atoms with E-state index in [4.69, 9.17) is 14.7 Å². The van der Waals surface area contributed by atoms with Gasteiger partial charge in [0.15, 0.2) is 17.1 Å². The minimum atomic E-state index is -0.952. The second kappa shape index (κ2) is 9.94. The molecule has 0 saturated carbocycles. The van der Waals surface area contributed by atoms with Crippen LogP contribution in [0.3, 0.4) is 0 Å². The lowest BCUT2D eigenvalue weighted by Crippen LogP contribution is -2.29. The Morgan fingerprint density at radius 2 is 1.65 bits per heavy atom. The average Bonchev–Trinajstić information content (AvgIpc) is 3.26. The highest BCUT2D eigenvalue weighted by Gasteiger charge is 2.28. The molecule has 3 rings (SSSR count). The summed E-state index contributed by atoms with van der Waals surface area (Å²) >= 11 is 0. The van der Waals surface area contributed by atoms with E-state index in [9.17, 15) is 4.79 Å². The van der Waals surface area contributed by atoms with Gasteiger partial charge in [0.25, 0.3) is 0 Å². The number of nitriles is 1. The molecule has 0 aliphatic carbocycles. The lowest BCUT2D eigenvalue weighted by atomic mass is 10.1. The highest BCUT2D eigenvalue weighted by atomic mass is 32.2. The maximum Gasteiger partial charge on any atom is 0.345 e. The van der Waals surface area contributed by atoms with Crippen molar-refractivity contribution in [1.82, 2.24) is 0 Å². The predicted molar refractivity (Wildman–Crippen MR) is 124 cm³/mol. The minimum Gasteiger partial charge on any atom is -0.481 e. The molecule has 160 valence electrons. The van der Waals surface area contributed by atoms with Gasteiger partial charge in [-0.1, -0.05) is 11.8 Å². The Balaban J connectivity index is 1.59. The first-order valence-electron chi connectivity index (χ1n) is 10.4. The van der Waals surface area contributed by atoms with Gasteiger partial charge in [-0.05, 0) is 88.1 Å². The summed E-state index contributed by atoms with van der Waals surface area (Å²) in [5, 5.41) is 8.86. The third-order valence-corrected chi connectivity index (χ3v) is 7.49. The van der Waals surface area contributed by atoms with Gasteiger partial charge in [-0.2, -0.15) is 5.26 Å². The van der Waals surface area contributed by atoms with Crippen LogP contribution in [0.2, 0.25) is 0 Å². The normalized spacial score (nSPS) is 13.8. The van der Waals surface area contributed by atoms with E-state index in [0.29, 0.717) is 16.5 Å². The van der Waals surface area contributed by atoms with Crippen molar-refractivity contribution < 1.29 is 14.3 Å². The van der Waals surface area contributed by atoms with Gasteiger partial charge < -0.3 is 9.47 Å². The Labute approximate surface area is 187 Å². The third-order valence-electron chi connectivity index (χ3n) is 5.02. The molecule has 2 aromatic carbocycles. The zero-order valence-electron chi connectivity index (χ0n) is 18.6. The summed E-state index contributed by atoms with van der Waals surface area (Å²) < 4.78 is 11.4. The van der Waals surface area contributed by atoms with E-state index in [1.54, 1.807) is 38.1 Å². The molecule has 0 N–H and O–H groups in total. The van der Waals surface area contributed by atoms with E-state index in [1.165, 1.54) is 29.2 Å². The van der Waals surface area contributed by atoms with E-state index in [1.807, 2.05) is 13.8 Å². The molecule has 31 heavy (non-hydrogen) atoms. The third kappa shape index (κ3) is 6.29. The van der Waals surface area contributed by atoms with Crippen LogP contribution in [-0.4, -0.2) is 29.7 Å². The Bertz CT molecular complexity index is 1030. The molecule has 5 heteroatoms. The fourth-order valence-electron chi connectivity index (χ4n) is 3.52. The maximum absolute atomic E-state index is 12.4. The van der Waals surface area contributed by atoms with Crippen molar-refractivity contribution in [3.05, 3.63) is 58.7 Å². The van der Waals surface area contributed by atoms with E-state index in [0.717, 1.165) is 22.4 Å². The molecule has 1 aliphatic heterocycles.